The zero-order valence-corrected chi connectivity index (χ0v) is 15.6. The minimum absolute atomic E-state index is 0.00539. The van der Waals surface area contributed by atoms with E-state index < -0.39 is 10.8 Å². The van der Waals surface area contributed by atoms with Gasteiger partial charge in [0.1, 0.15) is 0 Å². The molecule has 1 aliphatic carbocycles. The summed E-state index contributed by atoms with van der Waals surface area (Å²) in [6.07, 6.45) is 3.38. The summed E-state index contributed by atoms with van der Waals surface area (Å²) in [5.41, 5.74) is 4.85. The predicted molar refractivity (Wildman–Crippen MR) is 100 cm³/mol. The summed E-state index contributed by atoms with van der Waals surface area (Å²) in [5, 5.41) is 14.5. The van der Waals surface area contributed by atoms with Gasteiger partial charge in [0.15, 0.2) is 5.11 Å². The van der Waals surface area contributed by atoms with Gasteiger partial charge in [-0.1, -0.05) is 38.3 Å². The first-order valence-electron chi connectivity index (χ1n) is 8.10. The Morgan fingerprint density at radius 3 is 2.72 bits per heavy atom. The first-order chi connectivity index (χ1) is 11.8. The molecule has 1 aromatic carbocycles. The zero-order chi connectivity index (χ0) is 18.6. The third kappa shape index (κ3) is 5.02. The second-order valence-electron chi connectivity index (χ2n) is 6.35. The number of hydrogen-bond donors (Lipinski definition) is 3. The molecule has 1 aromatic rings. The molecule has 0 aromatic heterocycles. The summed E-state index contributed by atoms with van der Waals surface area (Å²) < 4.78 is 0. The highest BCUT2D eigenvalue weighted by atomic mass is 35.5. The number of thiocarbonyl (C=S) groups is 1. The van der Waals surface area contributed by atoms with Crippen molar-refractivity contribution in [1.82, 2.24) is 16.2 Å². The molecule has 136 valence electrons. The molecule has 3 N–H and O–H groups in total. The van der Waals surface area contributed by atoms with E-state index in [2.05, 4.69) is 30.0 Å². The lowest BCUT2D eigenvalue weighted by molar-refractivity contribution is -0.384. The van der Waals surface area contributed by atoms with Gasteiger partial charge in [-0.2, -0.15) is 0 Å². The van der Waals surface area contributed by atoms with E-state index >= 15 is 0 Å². The van der Waals surface area contributed by atoms with Crippen LogP contribution >= 0.6 is 23.8 Å². The van der Waals surface area contributed by atoms with Gasteiger partial charge in [0, 0.05) is 18.2 Å². The summed E-state index contributed by atoms with van der Waals surface area (Å²) in [4.78, 5) is 22.4. The van der Waals surface area contributed by atoms with E-state index in [1.54, 1.807) is 0 Å². The number of carbonyl (C=O) groups is 1. The number of non-ortho nitro benzene ring substituents is 1. The van der Waals surface area contributed by atoms with Crippen LogP contribution in [-0.2, 0) is 0 Å². The maximum atomic E-state index is 12.2. The molecule has 0 spiro atoms. The van der Waals surface area contributed by atoms with Crippen molar-refractivity contribution in [3.63, 3.8) is 0 Å². The van der Waals surface area contributed by atoms with Gasteiger partial charge in [0.2, 0.25) is 0 Å². The van der Waals surface area contributed by atoms with Crippen LogP contribution in [0.3, 0.4) is 0 Å². The number of hydrogen-bond acceptors (Lipinski definition) is 4. The molecule has 1 aliphatic rings. The maximum Gasteiger partial charge on any atom is 0.271 e. The highest BCUT2D eigenvalue weighted by Gasteiger charge is 2.27. The number of rotatable bonds is 3. The van der Waals surface area contributed by atoms with Crippen molar-refractivity contribution in [1.29, 1.82) is 0 Å². The van der Waals surface area contributed by atoms with Crippen LogP contribution in [-0.4, -0.2) is 22.0 Å². The van der Waals surface area contributed by atoms with Crippen LogP contribution in [0.15, 0.2) is 18.2 Å². The summed E-state index contributed by atoms with van der Waals surface area (Å²) in [7, 11) is 0. The highest BCUT2D eigenvalue weighted by molar-refractivity contribution is 7.80. The molecule has 0 radical (unpaired) electrons. The third-order valence-corrected chi connectivity index (χ3v) is 5.27. The van der Waals surface area contributed by atoms with E-state index in [4.69, 9.17) is 23.8 Å². The van der Waals surface area contributed by atoms with E-state index in [0.29, 0.717) is 16.9 Å². The minimum Gasteiger partial charge on any atom is -0.358 e. The number of nitrogens with one attached hydrogen (secondary N) is 3. The summed E-state index contributed by atoms with van der Waals surface area (Å²) >= 11 is 11.2. The summed E-state index contributed by atoms with van der Waals surface area (Å²) in [6, 6.07) is 3.93. The predicted octanol–water partition coefficient (Wildman–Crippen LogP) is 3.18. The molecule has 1 amide bonds. The first kappa shape index (κ1) is 19.4. The number of nitro benzene ring substituents is 1. The van der Waals surface area contributed by atoms with Crippen LogP contribution in [0.5, 0.6) is 0 Å². The van der Waals surface area contributed by atoms with Crippen molar-refractivity contribution in [2.75, 3.05) is 0 Å². The molecule has 0 saturated heterocycles. The smallest absolute Gasteiger partial charge is 0.271 e. The van der Waals surface area contributed by atoms with Gasteiger partial charge in [-0.3, -0.25) is 25.8 Å². The molecule has 0 bridgehead atoms. The van der Waals surface area contributed by atoms with Gasteiger partial charge in [-0.15, -0.1) is 0 Å². The van der Waals surface area contributed by atoms with Crippen molar-refractivity contribution < 1.29 is 9.72 Å². The standard InChI is InChI=1S/C16H21ClN4O3S/c1-9-4-3-5-14(10(9)2)18-16(25)20-19-15(22)12-8-11(21(23)24)6-7-13(12)17/h6-10,14H,3-5H2,1-2H3,(H,19,22)(H2,18,20,25)/t9-,10-,14+/m1/s1. The molecule has 2 rings (SSSR count). The number of nitro groups is 1. The minimum atomic E-state index is -0.595. The Labute approximate surface area is 156 Å². The topological polar surface area (TPSA) is 96.3 Å². The number of hydrazine groups is 1. The average Bonchev–Trinajstić information content (AvgIpc) is 2.57. The summed E-state index contributed by atoms with van der Waals surface area (Å²) in [5.74, 6) is 0.505. The fourth-order valence-electron chi connectivity index (χ4n) is 2.97. The largest absolute Gasteiger partial charge is 0.358 e. The van der Waals surface area contributed by atoms with Crippen molar-refractivity contribution in [2.24, 2.45) is 11.8 Å². The number of benzene rings is 1. The number of nitrogens with zero attached hydrogens (tertiary/aromatic N) is 1. The fraction of sp³-hybridized carbons (Fsp3) is 0.500. The average molecular weight is 385 g/mol. The molecule has 0 unspecified atom stereocenters. The Morgan fingerprint density at radius 1 is 1.32 bits per heavy atom. The van der Waals surface area contributed by atoms with Crippen LogP contribution in [0.4, 0.5) is 5.69 Å². The lowest BCUT2D eigenvalue weighted by Gasteiger charge is -2.35. The van der Waals surface area contributed by atoms with Gasteiger partial charge in [0.25, 0.3) is 11.6 Å². The van der Waals surface area contributed by atoms with E-state index in [0.717, 1.165) is 18.9 Å². The van der Waals surface area contributed by atoms with Crippen molar-refractivity contribution in [3.05, 3.63) is 38.9 Å². The van der Waals surface area contributed by atoms with Crippen LogP contribution in [0.2, 0.25) is 5.02 Å². The first-order valence-corrected chi connectivity index (χ1v) is 8.89. The van der Waals surface area contributed by atoms with Crippen molar-refractivity contribution in [2.45, 2.75) is 39.2 Å². The molecule has 7 nitrogen and oxygen atoms in total. The molecule has 0 heterocycles. The molecule has 0 aliphatic heterocycles. The number of halogens is 1. The second-order valence-corrected chi connectivity index (χ2v) is 7.16. The van der Waals surface area contributed by atoms with Gasteiger partial charge in [-0.05, 0) is 36.5 Å². The lowest BCUT2D eigenvalue weighted by atomic mass is 9.78. The molecule has 1 fully saturated rings. The Morgan fingerprint density at radius 2 is 2.04 bits per heavy atom. The molecule has 3 atom stereocenters. The normalized spacial score (nSPS) is 22.8. The SMILES string of the molecule is C[C@@H]1[C@H](C)CCC[C@@H]1NC(=S)NNC(=O)c1cc([N+](=O)[O-])ccc1Cl. The van der Waals surface area contributed by atoms with E-state index in [1.807, 2.05) is 0 Å². The van der Waals surface area contributed by atoms with Gasteiger partial charge in [-0.25, -0.2) is 0 Å². The van der Waals surface area contributed by atoms with Crippen molar-refractivity contribution >= 4 is 40.5 Å². The van der Waals surface area contributed by atoms with E-state index in [1.165, 1.54) is 18.6 Å². The molecular formula is C16H21ClN4O3S. The van der Waals surface area contributed by atoms with E-state index in [-0.39, 0.29) is 22.3 Å². The number of carbonyl (C=O) groups excluding carboxylic acids is 1. The van der Waals surface area contributed by atoms with Crippen LogP contribution in [0.1, 0.15) is 43.5 Å². The van der Waals surface area contributed by atoms with Crippen molar-refractivity contribution in [3.8, 4) is 0 Å². The Balaban J connectivity index is 1.92. The van der Waals surface area contributed by atoms with Crippen LogP contribution < -0.4 is 16.2 Å². The molecular weight excluding hydrogens is 364 g/mol. The molecule has 9 heteroatoms. The van der Waals surface area contributed by atoms with Crippen LogP contribution in [0.25, 0.3) is 0 Å². The third-order valence-electron chi connectivity index (χ3n) is 4.72. The quantitative estimate of drug-likeness (QED) is 0.420. The van der Waals surface area contributed by atoms with E-state index in [9.17, 15) is 14.9 Å². The summed E-state index contributed by atoms with van der Waals surface area (Å²) in [6.45, 7) is 4.41. The Hall–Kier alpha value is -1.93. The Kier molecular flexibility index (Phi) is 6.55. The van der Waals surface area contributed by atoms with Gasteiger partial charge in [0.05, 0.1) is 15.5 Å². The Bertz CT molecular complexity index is 685. The zero-order valence-electron chi connectivity index (χ0n) is 14.0. The molecule has 1 saturated carbocycles. The second kappa shape index (κ2) is 8.44. The monoisotopic (exact) mass is 384 g/mol. The fourth-order valence-corrected chi connectivity index (χ4v) is 3.38. The number of amides is 1. The lowest BCUT2D eigenvalue weighted by Crippen LogP contribution is -2.52. The molecule has 25 heavy (non-hydrogen) atoms. The van der Waals surface area contributed by atoms with Gasteiger partial charge >= 0.3 is 0 Å². The maximum absolute atomic E-state index is 12.2. The highest BCUT2D eigenvalue weighted by Crippen LogP contribution is 2.29. The van der Waals surface area contributed by atoms with Gasteiger partial charge < -0.3 is 5.32 Å². The van der Waals surface area contributed by atoms with Crippen LogP contribution in [0, 0.1) is 22.0 Å².